The number of hydrogen-bond acceptors (Lipinski definition) is 5. The van der Waals surface area contributed by atoms with E-state index in [2.05, 4.69) is 5.32 Å². The third kappa shape index (κ3) is 11.7. The standard InChI is InChI=1S/C22H33FN4O3.C2H4ClN.C2H6/c1-5-16(4)20(24)27(19-8-6-17(23)7-9-19)21(28)25-18-10-12-26(13-11-18)22(29)30-14-15(2)3;3-1-2-4;1-2/h5-8,15,18-19,24H,9-14H2,1-4H3,(H,25,28);1-2H,4H2;1-2H3/b16-5+,24-20?;2-1+;. The van der Waals surface area contributed by atoms with E-state index in [1.165, 1.54) is 28.8 Å². The lowest BCUT2D eigenvalue weighted by atomic mass is 10.0. The lowest BCUT2D eigenvalue weighted by molar-refractivity contribution is 0.0821. The highest BCUT2D eigenvalue weighted by Crippen LogP contribution is 2.20. The number of amides is 3. The fraction of sp³-hybridized carbons (Fsp3) is 0.577. The number of allylic oxidation sites excluding steroid dienone is 3. The summed E-state index contributed by atoms with van der Waals surface area (Å²) in [5.74, 6) is 0.0394. The molecule has 1 heterocycles. The van der Waals surface area contributed by atoms with Crippen molar-refractivity contribution in [1.29, 1.82) is 5.41 Å². The summed E-state index contributed by atoms with van der Waals surface area (Å²) in [5.41, 5.74) is 6.63. The Morgan fingerprint density at radius 2 is 1.94 bits per heavy atom. The zero-order valence-corrected chi connectivity index (χ0v) is 23.1. The van der Waals surface area contributed by atoms with Crippen LogP contribution in [0.15, 0.2) is 47.4 Å². The number of nitrogens with one attached hydrogen (secondary N) is 2. The fourth-order valence-electron chi connectivity index (χ4n) is 3.30. The van der Waals surface area contributed by atoms with Crippen molar-refractivity contribution in [3.8, 4) is 0 Å². The molecule has 1 atom stereocenters. The molecule has 1 saturated heterocycles. The number of likely N-dealkylation sites (tertiary alicyclic amines) is 1. The lowest BCUT2D eigenvalue weighted by Crippen LogP contribution is -2.54. The predicted molar refractivity (Wildman–Crippen MR) is 146 cm³/mol. The summed E-state index contributed by atoms with van der Waals surface area (Å²) in [4.78, 5) is 28.2. The number of nitrogens with two attached hydrogens (primary N) is 1. The number of hydrogen-bond donors (Lipinski definition) is 3. The molecule has 36 heavy (non-hydrogen) atoms. The smallest absolute Gasteiger partial charge is 0.409 e. The van der Waals surface area contributed by atoms with Crippen LogP contribution in [0.5, 0.6) is 0 Å². The first-order valence-electron chi connectivity index (χ1n) is 12.4. The van der Waals surface area contributed by atoms with Gasteiger partial charge in [0, 0.05) is 30.9 Å². The molecule has 3 amide bonds. The summed E-state index contributed by atoms with van der Waals surface area (Å²) >= 11 is 4.88. The number of nitrogens with zero attached hydrogens (tertiary/aromatic N) is 2. The maximum Gasteiger partial charge on any atom is 0.409 e. The van der Waals surface area contributed by atoms with Gasteiger partial charge in [0.1, 0.15) is 11.7 Å². The van der Waals surface area contributed by atoms with Gasteiger partial charge in [0.25, 0.3) is 0 Å². The molecule has 1 unspecified atom stereocenters. The third-order valence-corrected chi connectivity index (χ3v) is 5.47. The largest absolute Gasteiger partial charge is 0.449 e. The maximum absolute atomic E-state index is 13.4. The summed E-state index contributed by atoms with van der Waals surface area (Å²) in [6.45, 7) is 13.0. The van der Waals surface area contributed by atoms with Crippen molar-refractivity contribution in [2.45, 2.75) is 72.9 Å². The van der Waals surface area contributed by atoms with Gasteiger partial charge in [0.2, 0.25) is 0 Å². The van der Waals surface area contributed by atoms with Crippen molar-refractivity contribution in [3.05, 3.63) is 47.4 Å². The topological polar surface area (TPSA) is 112 Å². The Labute approximate surface area is 220 Å². The molecule has 1 fully saturated rings. The minimum absolute atomic E-state index is 0.0926. The molecule has 2 rings (SSSR count). The number of ether oxygens (including phenoxy) is 1. The summed E-state index contributed by atoms with van der Waals surface area (Å²) in [6, 6.07) is -0.905. The van der Waals surface area contributed by atoms with Crippen LogP contribution in [0.4, 0.5) is 14.0 Å². The van der Waals surface area contributed by atoms with E-state index in [0.29, 0.717) is 44.5 Å². The van der Waals surface area contributed by atoms with Crippen LogP contribution < -0.4 is 11.1 Å². The second kappa shape index (κ2) is 18.5. The highest BCUT2D eigenvalue weighted by atomic mass is 35.5. The van der Waals surface area contributed by atoms with E-state index >= 15 is 0 Å². The summed E-state index contributed by atoms with van der Waals surface area (Å²) in [6.07, 6.45) is 8.62. The first kappa shape index (κ1) is 33.2. The van der Waals surface area contributed by atoms with Gasteiger partial charge in [-0.3, -0.25) is 10.3 Å². The lowest BCUT2D eigenvalue weighted by Gasteiger charge is -2.35. The van der Waals surface area contributed by atoms with Gasteiger partial charge in [0.15, 0.2) is 0 Å². The van der Waals surface area contributed by atoms with Gasteiger partial charge < -0.3 is 20.7 Å². The van der Waals surface area contributed by atoms with E-state index < -0.39 is 6.04 Å². The maximum atomic E-state index is 13.4. The van der Waals surface area contributed by atoms with E-state index in [1.54, 1.807) is 24.0 Å². The zero-order chi connectivity index (χ0) is 27.7. The van der Waals surface area contributed by atoms with Crippen LogP contribution in [-0.4, -0.2) is 59.5 Å². The van der Waals surface area contributed by atoms with Gasteiger partial charge in [0.05, 0.1) is 12.6 Å². The highest BCUT2D eigenvalue weighted by molar-refractivity contribution is 6.25. The molecule has 0 aromatic heterocycles. The summed E-state index contributed by atoms with van der Waals surface area (Å²) < 4.78 is 18.6. The van der Waals surface area contributed by atoms with Crippen LogP contribution >= 0.6 is 11.6 Å². The Balaban J connectivity index is 0.00000185. The van der Waals surface area contributed by atoms with E-state index in [1.807, 2.05) is 34.6 Å². The van der Waals surface area contributed by atoms with Crippen LogP contribution in [0.3, 0.4) is 0 Å². The Hall–Kier alpha value is -2.81. The molecule has 0 radical (unpaired) electrons. The molecule has 0 bridgehead atoms. The SMILES string of the molecule is C/C=C(\C)C(=N)N(C(=O)NC1CCN(C(=O)OCC(C)C)CC1)C1C=CC(F)=CC1.CC.N/C=C/Cl. The first-order valence-corrected chi connectivity index (χ1v) is 12.8. The van der Waals surface area contributed by atoms with Crippen LogP contribution in [0.1, 0.15) is 60.8 Å². The third-order valence-electron chi connectivity index (χ3n) is 5.32. The quantitative estimate of drug-likeness (QED) is 0.298. The molecular formula is C26H43ClFN5O3. The normalized spacial score (nSPS) is 17.9. The number of urea groups is 1. The second-order valence-corrected chi connectivity index (χ2v) is 8.69. The highest BCUT2D eigenvalue weighted by Gasteiger charge is 2.31. The van der Waals surface area contributed by atoms with Gasteiger partial charge in [-0.25, -0.2) is 14.0 Å². The number of piperidine rings is 1. The molecule has 8 nitrogen and oxygen atoms in total. The Kier molecular flexibility index (Phi) is 17.0. The number of carbonyl (C=O) groups excluding carboxylic acids is 2. The summed E-state index contributed by atoms with van der Waals surface area (Å²) in [7, 11) is 0. The molecule has 204 valence electrons. The van der Waals surface area contributed by atoms with Gasteiger partial charge in [-0.1, -0.05) is 51.4 Å². The van der Waals surface area contributed by atoms with Crippen LogP contribution in [0, 0.1) is 11.3 Å². The average Bonchev–Trinajstić information content (AvgIpc) is 2.89. The minimum atomic E-state index is -0.419. The minimum Gasteiger partial charge on any atom is -0.449 e. The fourth-order valence-corrected chi connectivity index (χ4v) is 3.30. The van der Waals surface area contributed by atoms with E-state index in [4.69, 9.17) is 27.5 Å². The zero-order valence-electron chi connectivity index (χ0n) is 22.4. The molecule has 4 N–H and O–H groups in total. The molecule has 1 aliphatic heterocycles. The number of halogens is 2. The summed E-state index contributed by atoms with van der Waals surface area (Å²) in [5, 5.41) is 11.4. The molecule has 1 aliphatic carbocycles. The van der Waals surface area contributed by atoms with Crippen molar-refractivity contribution in [1.82, 2.24) is 15.1 Å². The van der Waals surface area contributed by atoms with Crippen molar-refractivity contribution in [2.75, 3.05) is 19.7 Å². The van der Waals surface area contributed by atoms with Crippen LogP contribution in [0.2, 0.25) is 0 Å². The Bertz CT molecular complexity index is 814. The average molecular weight is 528 g/mol. The number of rotatable bonds is 5. The van der Waals surface area contributed by atoms with Crippen LogP contribution in [0.25, 0.3) is 0 Å². The van der Waals surface area contributed by atoms with Crippen molar-refractivity contribution < 1.29 is 18.7 Å². The van der Waals surface area contributed by atoms with Gasteiger partial charge >= 0.3 is 12.1 Å². The monoisotopic (exact) mass is 527 g/mol. The Morgan fingerprint density at radius 1 is 1.36 bits per heavy atom. The molecule has 0 spiro atoms. The van der Waals surface area contributed by atoms with E-state index in [9.17, 15) is 14.0 Å². The Morgan fingerprint density at radius 3 is 2.39 bits per heavy atom. The second-order valence-electron chi connectivity index (χ2n) is 8.44. The number of amidine groups is 1. The van der Waals surface area contributed by atoms with Crippen molar-refractivity contribution in [3.63, 3.8) is 0 Å². The number of carbonyl (C=O) groups is 2. The molecule has 0 aromatic carbocycles. The van der Waals surface area contributed by atoms with E-state index in [-0.39, 0.29) is 35.7 Å². The van der Waals surface area contributed by atoms with Crippen molar-refractivity contribution >= 4 is 29.6 Å². The molecular weight excluding hydrogens is 485 g/mol. The van der Waals surface area contributed by atoms with Gasteiger partial charge in [-0.15, -0.1) is 0 Å². The van der Waals surface area contributed by atoms with Gasteiger partial charge in [-0.05, 0) is 56.8 Å². The van der Waals surface area contributed by atoms with Crippen molar-refractivity contribution in [2.24, 2.45) is 11.7 Å². The molecule has 10 heteroatoms. The molecule has 2 aliphatic rings. The van der Waals surface area contributed by atoms with Crippen LogP contribution in [-0.2, 0) is 4.74 Å². The molecule has 0 saturated carbocycles. The molecule has 0 aromatic rings. The van der Waals surface area contributed by atoms with E-state index in [0.717, 1.165) is 0 Å². The van der Waals surface area contributed by atoms with Gasteiger partial charge in [-0.2, -0.15) is 0 Å². The predicted octanol–water partition coefficient (Wildman–Crippen LogP) is 6.06. The first-order chi connectivity index (χ1) is 17.1.